The van der Waals surface area contributed by atoms with Crippen LogP contribution in [0.1, 0.15) is 36.7 Å². The Morgan fingerprint density at radius 2 is 1.73 bits per heavy atom. The Hall–Kier alpha value is -1.35. The summed E-state index contributed by atoms with van der Waals surface area (Å²) >= 11 is 0. The van der Waals surface area contributed by atoms with Crippen LogP contribution in [0, 0.1) is 6.92 Å². The highest BCUT2D eigenvalue weighted by atomic mass is 16.7. The van der Waals surface area contributed by atoms with Gasteiger partial charge in [-0.1, -0.05) is 17.7 Å². The molecule has 0 spiro atoms. The van der Waals surface area contributed by atoms with E-state index in [9.17, 15) is 4.79 Å². The number of carbonyl (C=O) groups is 1. The molecule has 3 nitrogen and oxygen atoms in total. The van der Waals surface area contributed by atoms with Gasteiger partial charge in [0.05, 0.1) is 5.60 Å². The van der Waals surface area contributed by atoms with Gasteiger partial charge in [-0.05, 0) is 39.8 Å². The first kappa shape index (κ1) is 11.7. The van der Waals surface area contributed by atoms with Crippen molar-refractivity contribution in [1.82, 2.24) is 5.48 Å². The van der Waals surface area contributed by atoms with Crippen LogP contribution in [0.5, 0.6) is 0 Å². The smallest absolute Gasteiger partial charge is 0.268 e. The average molecular weight is 207 g/mol. The SMILES string of the molecule is Cc1ccc(C(=O)NOC(C)(C)C)cc1. The lowest BCUT2D eigenvalue weighted by atomic mass is 10.1. The summed E-state index contributed by atoms with van der Waals surface area (Å²) in [5.41, 5.74) is 3.77. The van der Waals surface area contributed by atoms with Crippen LogP contribution in [0.15, 0.2) is 24.3 Å². The topological polar surface area (TPSA) is 38.3 Å². The number of hydrogen-bond donors (Lipinski definition) is 1. The second-order valence-electron chi connectivity index (χ2n) is 4.51. The van der Waals surface area contributed by atoms with Gasteiger partial charge >= 0.3 is 0 Å². The molecule has 1 rings (SSSR count). The molecule has 0 aliphatic carbocycles. The fourth-order valence-electron chi connectivity index (χ4n) is 0.963. The number of aryl methyl sites for hydroxylation is 1. The van der Waals surface area contributed by atoms with Crippen molar-refractivity contribution in [3.63, 3.8) is 0 Å². The highest BCUT2D eigenvalue weighted by Crippen LogP contribution is 2.06. The van der Waals surface area contributed by atoms with Crippen molar-refractivity contribution < 1.29 is 9.63 Å². The van der Waals surface area contributed by atoms with E-state index in [0.717, 1.165) is 5.56 Å². The summed E-state index contributed by atoms with van der Waals surface area (Å²) in [7, 11) is 0. The number of carbonyl (C=O) groups excluding carboxylic acids is 1. The Morgan fingerprint density at radius 3 is 2.20 bits per heavy atom. The summed E-state index contributed by atoms with van der Waals surface area (Å²) in [4.78, 5) is 16.7. The zero-order chi connectivity index (χ0) is 11.5. The van der Waals surface area contributed by atoms with E-state index in [1.54, 1.807) is 12.1 Å². The number of benzene rings is 1. The van der Waals surface area contributed by atoms with Crippen LogP contribution in [0.4, 0.5) is 0 Å². The van der Waals surface area contributed by atoms with Crippen LogP contribution in [0.25, 0.3) is 0 Å². The maximum atomic E-state index is 11.6. The third-order valence-electron chi connectivity index (χ3n) is 1.76. The lowest BCUT2D eigenvalue weighted by Crippen LogP contribution is -2.33. The van der Waals surface area contributed by atoms with Crippen LogP contribution >= 0.6 is 0 Å². The average Bonchev–Trinajstić information content (AvgIpc) is 2.14. The number of hydroxylamine groups is 1. The van der Waals surface area contributed by atoms with E-state index in [4.69, 9.17) is 4.84 Å². The lowest BCUT2D eigenvalue weighted by Gasteiger charge is -2.18. The minimum atomic E-state index is -0.375. The maximum absolute atomic E-state index is 11.6. The first-order valence-electron chi connectivity index (χ1n) is 4.93. The van der Waals surface area contributed by atoms with Crippen molar-refractivity contribution >= 4 is 5.91 Å². The summed E-state index contributed by atoms with van der Waals surface area (Å²) in [6, 6.07) is 7.34. The van der Waals surface area contributed by atoms with E-state index < -0.39 is 0 Å². The molecule has 0 aliphatic rings. The first-order valence-corrected chi connectivity index (χ1v) is 4.93. The van der Waals surface area contributed by atoms with Gasteiger partial charge in [-0.25, -0.2) is 5.48 Å². The fourth-order valence-corrected chi connectivity index (χ4v) is 0.963. The summed E-state index contributed by atoms with van der Waals surface area (Å²) < 4.78 is 0. The van der Waals surface area contributed by atoms with Crippen molar-refractivity contribution in [1.29, 1.82) is 0 Å². The van der Waals surface area contributed by atoms with E-state index in [1.807, 2.05) is 39.8 Å². The van der Waals surface area contributed by atoms with Crippen LogP contribution in [0.2, 0.25) is 0 Å². The molecule has 0 atom stereocenters. The molecule has 0 heterocycles. The maximum Gasteiger partial charge on any atom is 0.274 e. The molecule has 1 N–H and O–H groups in total. The number of nitrogens with one attached hydrogen (secondary N) is 1. The van der Waals surface area contributed by atoms with Gasteiger partial charge in [0.1, 0.15) is 0 Å². The highest BCUT2D eigenvalue weighted by molar-refractivity contribution is 5.93. The minimum absolute atomic E-state index is 0.218. The van der Waals surface area contributed by atoms with E-state index in [2.05, 4.69) is 5.48 Å². The molecule has 1 aromatic carbocycles. The largest absolute Gasteiger partial charge is 0.274 e. The molecule has 0 radical (unpaired) electrons. The molecule has 0 aromatic heterocycles. The molecular weight excluding hydrogens is 190 g/mol. The van der Waals surface area contributed by atoms with Gasteiger partial charge in [-0.15, -0.1) is 0 Å². The molecule has 1 aromatic rings. The second-order valence-corrected chi connectivity index (χ2v) is 4.51. The Morgan fingerprint density at radius 1 is 1.20 bits per heavy atom. The molecule has 15 heavy (non-hydrogen) atoms. The molecule has 0 fully saturated rings. The van der Waals surface area contributed by atoms with Gasteiger partial charge in [0.25, 0.3) is 5.91 Å². The van der Waals surface area contributed by atoms with Crippen molar-refractivity contribution in [2.24, 2.45) is 0 Å². The molecule has 0 aliphatic heterocycles. The molecule has 0 saturated heterocycles. The van der Waals surface area contributed by atoms with E-state index in [0.29, 0.717) is 5.56 Å². The molecule has 0 bridgehead atoms. The van der Waals surface area contributed by atoms with Gasteiger partial charge in [-0.3, -0.25) is 9.63 Å². The fraction of sp³-hybridized carbons (Fsp3) is 0.417. The Labute approximate surface area is 90.4 Å². The molecular formula is C12H17NO2. The third-order valence-corrected chi connectivity index (χ3v) is 1.76. The third kappa shape index (κ3) is 4.13. The molecule has 0 saturated carbocycles. The number of rotatable bonds is 2. The number of hydrogen-bond acceptors (Lipinski definition) is 2. The van der Waals surface area contributed by atoms with Gasteiger partial charge in [-0.2, -0.15) is 0 Å². The Kier molecular flexibility index (Phi) is 3.48. The molecule has 3 heteroatoms. The zero-order valence-corrected chi connectivity index (χ0v) is 9.63. The van der Waals surface area contributed by atoms with Crippen molar-refractivity contribution in [2.45, 2.75) is 33.3 Å². The summed E-state index contributed by atoms with van der Waals surface area (Å²) in [5.74, 6) is -0.218. The summed E-state index contributed by atoms with van der Waals surface area (Å²) in [6.45, 7) is 7.61. The van der Waals surface area contributed by atoms with E-state index in [-0.39, 0.29) is 11.5 Å². The van der Waals surface area contributed by atoms with Crippen LogP contribution < -0.4 is 5.48 Å². The summed E-state index contributed by atoms with van der Waals surface area (Å²) in [5, 5.41) is 0. The first-order chi connectivity index (χ1) is 6.88. The van der Waals surface area contributed by atoms with Crippen molar-refractivity contribution in [3.05, 3.63) is 35.4 Å². The van der Waals surface area contributed by atoms with Gasteiger partial charge in [0, 0.05) is 5.56 Å². The Balaban J connectivity index is 2.58. The van der Waals surface area contributed by atoms with Gasteiger partial charge in [0.2, 0.25) is 0 Å². The predicted molar refractivity (Wildman–Crippen MR) is 59.5 cm³/mol. The highest BCUT2D eigenvalue weighted by Gasteiger charge is 2.13. The molecule has 0 unspecified atom stereocenters. The second kappa shape index (κ2) is 4.45. The Bertz CT molecular complexity index is 336. The van der Waals surface area contributed by atoms with E-state index in [1.165, 1.54) is 0 Å². The normalized spacial score (nSPS) is 11.2. The molecule has 82 valence electrons. The van der Waals surface area contributed by atoms with E-state index >= 15 is 0 Å². The summed E-state index contributed by atoms with van der Waals surface area (Å²) in [6.07, 6.45) is 0. The predicted octanol–water partition coefficient (Wildman–Crippen LogP) is 2.45. The lowest BCUT2D eigenvalue weighted by molar-refractivity contribution is -0.0589. The van der Waals surface area contributed by atoms with Crippen LogP contribution in [-0.4, -0.2) is 11.5 Å². The van der Waals surface area contributed by atoms with Crippen LogP contribution in [0.3, 0.4) is 0 Å². The van der Waals surface area contributed by atoms with Crippen molar-refractivity contribution in [2.75, 3.05) is 0 Å². The molecule has 1 amide bonds. The van der Waals surface area contributed by atoms with Gasteiger partial charge in [0.15, 0.2) is 0 Å². The van der Waals surface area contributed by atoms with Gasteiger partial charge < -0.3 is 0 Å². The minimum Gasteiger partial charge on any atom is -0.268 e. The zero-order valence-electron chi connectivity index (χ0n) is 9.63. The monoisotopic (exact) mass is 207 g/mol. The number of amides is 1. The quantitative estimate of drug-likeness (QED) is 0.756. The standard InChI is InChI=1S/C12H17NO2/c1-9-5-7-10(8-6-9)11(14)13-15-12(2,3)4/h5-8H,1-4H3,(H,13,14). The van der Waals surface area contributed by atoms with Crippen LogP contribution in [-0.2, 0) is 4.84 Å². The van der Waals surface area contributed by atoms with Crippen molar-refractivity contribution in [3.8, 4) is 0 Å².